The van der Waals surface area contributed by atoms with Crippen molar-refractivity contribution >= 4 is 11.6 Å². The second-order valence-corrected chi connectivity index (χ2v) is 5.09. The maximum absolute atomic E-state index is 4.52. The number of rotatable bonds is 3. The summed E-state index contributed by atoms with van der Waals surface area (Å²) >= 11 is 0. The van der Waals surface area contributed by atoms with E-state index in [0.717, 1.165) is 29.6 Å². The number of likely N-dealkylation sites (N-methyl/N-ethyl adjacent to an activating group) is 1. The molecule has 1 aliphatic heterocycles. The van der Waals surface area contributed by atoms with Gasteiger partial charge in [0, 0.05) is 25.2 Å². The van der Waals surface area contributed by atoms with E-state index in [2.05, 4.69) is 39.5 Å². The molecule has 0 bridgehead atoms. The monoisotopic (exact) mass is 249 g/mol. The third-order valence-electron chi connectivity index (χ3n) is 3.46. The number of nitrogens with zero attached hydrogens (tertiary/aromatic N) is 3. The molecule has 2 rings (SSSR count). The number of aryl methyl sites for hydroxylation is 1. The minimum atomic E-state index is 0.487. The first-order valence-corrected chi connectivity index (χ1v) is 6.58. The molecule has 1 aromatic heterocycles. The Morgan fingerprint density at radius 1 is 1.22 bits per heavy atom. The first-order chi connectivity index (χ1) is 8.60. The first kappa shape index (κ1) is 13.1. The lowest BCUT2D eigenvalue weighted by Crippen LogP contribution is -2.40. The van der Waals surface area contributed by atoms with Gasteiger partial charge in [-0.3, -0.25) is 0 Å². The van der Waals surface area contributed by atoms with Crippen LogP contribution < -0.4 is 10.6 Å². The van der Waals surface area contributed by atoms with Crippen LogP contribution in [-0.4, -0.2) is 48.1 Å². The largest absolute Gasteiger partial charge is 0.373 e. The quantitative estimate of drug-likeness (QED) is 0.853. The molecular weight excluding hydrogens is 226 g/mol. The molecule has 1 fully saturated rings. The minimum Gasteiger partial charge on any atom is -0.373 e. The van der Waals surface area contributed by atoms with Gasteiger partial charge in [-0.2, -0.15) is 0 Å². The van der Waals surface area contributed by atoms with Gasteiger partial charge < -0.3 is 15.5 Å². The molecule has 100 valence electrons. The lowest BCUT2D eigenvalue weighted by molar-refractivity contribution is 0.260. The van der Waals surface area contributed by atoms with Gasteiger partial charge in [0.25, 0.3) is 0 Å². The smallest absolute Gasteiger partial charge is 0.135 e. The van der Waals surface area contributed by atoms with Crippen molar-refractivity contribution in [1.29, 1.82) is 0 Å². The van der Waals surface area contributed by atoms with Crippen LogP contribution in [0.3, 0.4) is 0 Å². The summed E-state index contributed by atoms with van der Waals surface area (Å²) in [5, 5.41) is 6.68. The molecule has 0 aromatic carbocycles. The fourth-order valence-electron chi connectivity index (χ4n) is 2.49. The Balaban J connectivity index is 2.15. The molecule has 18 heavy (non-hydrogen) atoms. The van der Waals surface area contributed by atoms with Crippen molar-refractivity contribution in [2.45, 2.75) is 32.7 Å². The van der Waals surface area contributed by atoms with Gasteiger partial charge in [0.05, 0.1) is 0 Å². The van der Waals surface area contributed by atoms with E-state index in [-0.39, 0.29) is 0 Å². The number of hydrogen-bond acceptors (Lipinski definition) is 5. The van der Waals surface area contributed by atoms with Gasteiger partial charge in [-0.15, -0.1) is 0 Å². The van der Waals surface area contributed by atoms with E-state index in [1.165, 1.54) is 19.4 Å². The van der Waals surface area contributed by atoms with Crippen molar-refractivity contribution in [3.63, 3.8) is 0 Å². The Labute approximate surface area is 109 Å². The van der Waals surface area contributed by atoms with Gasteiger partial charge in [-0.1, -0.05) is 0 Å². The van der Waals surface area contributed by atoms with Crippen LogP contribution >= 0.6 is 0 Å². The molecule has 1 unspecified atom stereocenters. The molecule has 2 heterocycles. The number of hydrogen-bond donors (Lipinski definition) is 2. The fraction of sp³-hybridized carbons (Fsp3) is 0.692. The van der Waals surface area contributed by atoms with Crippen LogP contribution in [0.1, 0.15) is 24.2 Å². The summed E-state index contributed by atoms with van der Waals surface area (Å²) in [6.45, 7) is 6.26. The molecule has 0 saturated carbocycles. The number of anilines is 2. The predicted molar refractivity (Wildman–Crippen MR) is 75.2 cm³/mol. The number of aromatic nitrogens is 2. The standard InChI is InChI=1S/C13H23N5/c1-9-12(14-3)15-10(2)16-13(9)17-11-6-5-7-18(4)8-11/h11H,5-8H2,1-4H3,(H2,14,15,16,17). The van der Waals surface area contributed by atoms with Gasteiger partial charge >= 0.3 is 0 Å². The highest BCUT2D eigenvalue weighted by Gasteiger charge is 2.18. The summed E-state index contributed by atoms with van der Waals surface area (Å²) < 4.78 is 0. The molecule has 0 aliphatic carbocycles. The fourth-order valence-corrected chi connectivity index (χ4v) is 2.49. The molecule has 2 N–H and O–H groups in total. The van der Waals surface area contributed by atoms with E-state index >= 15 is 0 Å². The van der Waals surface area contributed by atoms with Crippen molar-refractivity contribution in [3.8, 4) is 0 Å². The molecule has 5 nitrogen and oxygen atoms in total. The summed E-state index contributed by atoms with van der Waals surface area (Å²) in [7, 11) is 4.07. The summed E-state index contributed by atoms with van der Waals surface area (Å²) in [6, 6.07) is 0.487. The predicted octanol–water partition coefficient (Wildman–Crippen LogP) is 1.64. The zero-order chi connectivity index (χ0) is 13.1. The minimum absolute atomic E-state index is 0.487. The molecule has 1 saturated heterocycles. The molecule has 1 aliphatic rings. The zero-order valence-electron chi connectivity index (χ0n) is 11.7. The number of nitrogens with one attached hydrogen (secondary N) is 2. The van der Waals surface area contributed by atoms with Gasteiger partial charge in [-0.25, -0.2) is 9.97 Å². The topological polar surface area (TPSA) is 53.1 Å². The van der Waals surface area contributed by atoms with Gasteiger partial charge in [0.15, 0.2) is 0 Å². The molecule has 0 spiro atoms. The second kappa shape index (κ2) is 5.52. The van der Waals surface area contributed by atoms with E-state index in [4.69, 9.17) is 0 Å². The highest BCUT2D eigenvalue weighted by Crippen LogP contribution is 2.21. The van der Waals surface area contributed by atoms with Gasteiger partial charge in [-0.05, 0) is 40.3 Å². The van der Waals surface area contributed by atoms with E-state index in [9.17, 15) is 0 Å². The molecule has 5 heteroatoms. The average molecular weight is 249 g/mol. The summed E-state index contributed by atoms with van der Waals surface area (Å²) in [5.74, 6) is 2.68. The number of piperidine rings is 1. The maximum Gasteiger partial charge on any atom is 0.135 e. The highest BCUT2D eigenvalue weighted by atomic mass is 15.2. The Morgan fingerprint density at radius 3 is 2.61 bits per heavy atom. The molecule has 0 amide bonds. The van der Waals surface area contributed by atoms with Crippen LogP contribution in [0.5, 0.6) is 0 Å². The second-order valence-electron chi connectivity index (χ2n) is 5.09. The Kier molecular flexibility index (Phi) is 4.01. The normalized spacial score (nSPS) is 20.8. The SMILES string of the molecule is CNc1nc(C)nc(NC2CCCN(C)C2)c1C. The third-order valence-corrected chi connectivity index (χ3v) is 3.46. The summed E-state index contributed by atoms with van der Waals surface area (Å²) in [5.41, 5.74) is 1.09. The van der Waals surface area contributed by atoms with Crippen molar-refractivity contribution < 1.29 is 0 Å². The Morgan fingerprint density at radius 2 is 1.94 bits per heavy atom. The summed E-state index contributed by atoms with van der Waals surface area (Å²) in [6.07, 6.45) is 2.46. The van der Waals surface area contributed by atoms with Crippen molar-refractivity contribution in [2.24, 2.45) is 0 Å². The third kappa shape index (κ3) is 2.90. The van der Waals surface area contributed by atoms with Crippen LogP contribution in [0.4, 0.5) is 11.6 Å². The zero-order valence-corrected chi connectivity index (χ0v) is 11.7. The van der Waals surface area contributed by atoms with Crippen molar-refractivity contribution in [3.05, 3.63) is 11.4 Å². The van der Waals surface area contributed by atoms with E-state index in [1.54, 1.807) is 0 Å². The van der Waals surface area contributed by atoms with Gasteiger partial charge in [0.2, 0.25) is 0 Å². The Bertz CT molecular complexity index is 418. The van der Waals surface area contributed by atoms with Crippen LogP contribution in [0.15, 0.2) is 0 Å². The van der Waals surface area contributed by atoms with E-state index in [0.29, 0.717) is 6.04 Å². The van der Waals surface area contributed by atoms with Crippen molar-refractivity contribution in [1.82, 2.24) is 14.9 Å². The summed E-state index contributed by atoms with van der Waals surface area (Å²) in [4.78, 5) is 11.3. The van der Waals surface area contributed by atoms with Crippen LogP contribution in [0, 0.1) is 13.8 Å². The van der Waals surface area contributed by atoms with Gasteiger partial charge in [0.1, 0.15) is 17.5 Å². The van der Waals surface area contributed by atoms with E-state index < -0.39 is 0 Å². The van der Waals surface area contributed by atoms with Crippen LogP contribution in [0.2, 0.25) is 0 Å². The van der Waals surface area contributed by atoms with Crippen molar-refractivity contribution in [2.75, 3.05) is 37.8 Å². The Hall–Kier alpha value is -1.36. The molecule has 1 atom stereocenters. The lowest BCUT2D eigenvalue weighted by Gasteiger charge is -2.31. The molecule has 0 radical (unpaired) electrons. The average Bonchev–Trinajstić information content (AvgIpc) is 2.33. The van der Waals surface area contributed by atoms with E-state index in [1.807, 2.05) is 14.0 Å². The highest BCUT2D eigenvalue weighted by molar-refractivity contribution is 5.57. The number of likely N-dealkylation sites (tertiary alicyclic amines) is 1. The molecule has 1 aromatic rings. The maximum atomic E-state index is 4.52. The lowest BCUT2D eigenvalue weighted by atomic mass is 10.1. The first-order valence-electron chi connectivity index (χ1n) is 6.58. The van der Waals surface area contributed by atoms with Crippen LogP contribution in [0.25, 0.3) is 0 Å². The molecular formula is C13H23N5. The van der Waals surface area contributed by atoms with Crippen LogP contribution in [-0.2, 0) is 0 Å².